The van der Waals surface area contributed by atoms with Crippen LogP contribution >= 0.6 is 0 Å². The molecule has 0 saturated carbocycles. The second-order valence-corrected chi connectivity index (χ2v) is 4.47. The summed E-state index contributed by atoms with van der Waals surface area (Å²) in [5, 5.41) is 10.2. The van der Waals surface area contributed by atoms with E-state index < -0.39 is 11.9 Å². The number of hydrogen-bond donors (Lipinski definition) is 1. The Morgan fingerprint density at radius 3 is 2.63 bits per heavy atom. The molecule has 0 aliphatic carbocycles. The van der Waals surface area contributed by atoms with Crippen molar-refractivity contribution in [3.05, 3.63) is 40.2 Å². The van der Waals surface area contributed by atoms with E-state index in [0.29, 0.717) is 11.0 Å². The summed E-state index contributed by atoms with van der Waals surface area (Å²) in [6.45, 7) is 2.97. The van der Waals surface area contributed by atoms with Crippen LogP contribution in [0.3, 0.4) is 0 Å². The van der Waals surface area contributed by atoms with Crippen molar-refractivity contribution in [3.63, 3.8) is 0 Å². The number of hydrogen-bond acceptors (Lipinski definition) is 5. The average molecular weight is 261 g/mol. The Morgan fingerprint density at radius 1 is 1.37 bits per heavy atom. The maximum atomic E-state index is 11.6. The summed E-state index contributed by atoms with van der Waals surface area (Å²) in [4.78, 5) is 24.5. The van der Waals surface area contributed by atoms with Crippen molar-refractivity contribution in [2.75, 3.05) is 11.9 Å². The Morgan fingerprint density at radius 2 is 2.05 bits per heavy atom. The summed E-state index contributed by atoms with van der Waals surface area (Å²) >= 11 is 0. The van der Waals surface area contributed by atoms with Gasteiger partial charge in [0.25, 0.3) is 0 Å². The van der Waals surface area contributed by atoms with Gasteiger partial charge in [0.1, 0.15) is 17.4 Å². The SMILES string of the molecule is CC(=O)c1cc2ccc(N(C)C(C)O)cc2oc1=O. The Kier molecular flexibility index (Phi) is 3.40. The zero-order valence-electron chi connectivity index (χ0n) is 11.0. The van der Waals surface area contributed by atoms with E-state index in [4.69, 9.17) is 4.42 Å². The highest BCUT2D eigenvalue weighted by molar-refractivity contribution is 5.96. The summed E-state index contributed by atoms with van der Waals surface area (Å²) in [6, 6.07) is 6.72. The third-order valence-corrected chi connectivity index (χ3v) is 3.07. The van der Waals surface area contributed by atoms with E-state index in [-0.39, 0.29) is 11.3 Å². The minimum atomic E-state index is -0.652. The number of nitrogens with zero attached hydrogens (tertiary/aromatic N) is 1. The quantitative estimate of drug-likeness (QED) is 0.518. The van der Waals surface area contributed by atoms with Crippen LogP contribution in [0, 0.1) is 0 Å². The number of ketones is 1. The molecule has 5 nitrogen and oxygen atoms in total. The molecular formula is C14H15NO4. The van der Waals surface area contributed by atoms with Gasteiger partial charge in [0.2, 0.25) is 0 Å². The first-order valence-electron chi connectivity index (χ1n) is 5.90. The van der Waals surface area contributed by atoms with Gasteiger partial charge in [0, 0.05) is 24.2 Å². The lowest BCUT2D eigenvalue weighted by atomic mass is 10.1. The van der Waals surface area contributed by atoms with Crippen LogP contribution in [0.4, 0.5) is 5.69 Å². The van der Waals surface area contributed by atoms with Crippen LogP contribution in [0.5, 0.6) is 0 Å². The first-order valence-corrected chi connectivity index (χ1v) is 5.90. The molecular weight excluding hydrogens is 246 g/mol. The lowest BCUT2D eigenvalue weighted by Gasteiger charge is -2.22. The molecule has 1 atom stereocenters. The fraction of sp³-hybridized carbons (Fsp3) is 0.286. The van der Waals surface area contributed by atoms with Crippen molar-refractivity contribution >= 4 is 22.4 Å². The van der Waals surface area contributed by atoms with E-state index in [2.05, 4.69) is 0 Å². The van der Waals surface area contributed by atoms with Crippen molar-refractivity contribution in [1.29, 1.82) is 0 Å². The minimum Gasteiger partial charge on any atom is -0.422 e. The summed E-state index contributed by atoms with van der Waals surface area (Å²) in [5.74, 6) is -0.319. The maximum Gasteiger partial charge on any atom is 0.347 e. The van der Waals surface area contributed by atoms with E-state index in [9.17, 15) is 14.7 Å². The molecule has 0 spiro atoms. The van der Waals surface area contributed by atoms with Gasteiger partial charge in [0.05, 0.1) is 0 Å². The lowest BCUT2D eigenvalue weighted by molar-refractivity contribution is 0.101. The van der Waals surface area contributed by atoms with Gasteiger partial charge >= 0.3 is 5.63 Å². The third-order valence-electron chi connectivity index (χ3n) is 3.07. The van der Waals surface area contributed by atoms with Crippen LogP contribution in [0.25, 0.3) is 11.0 Å². The number of anilines is 1. The molecule has 0 aliphatic rings. The lowest BCUT2D eigenvalue weighted by Crippen LogP contribution is -2.27. The first-order chi connectivity index (χ1) is 8.90. The smallest absolute Gasteiger partial charge is 0.347 e. The van der Waals surface area contributed by atoms with Crippen molar-refractivity contribution in [3.8, 4) is 0 Å². The van der Waals surface area contributed by atoms with Gasteiger partial charge in [0.15, 0.2) is 5.78 Å². The van der Waals surface area contributed by atoms with Crippen molar-refractivity contribution in [1.82, 2.24) is 0 Å². The van der Waals surface area contributed by atoms with E-state index >= 15 is 0 Å². The van der Waals surface area contributed by atoms with Gasteiger partial charge < -0.3 is 14.4 Å². The fourth-order valence-corrected chi connectivity index (χ4v) is 1.78. The molecule has 0 radical (unpaired) electrons. The largest absolute Gasteiger partial charge is 0.422 e. The number of benzene rings is 1. The summed E-state index contributed by atoms with van der Waals surface area (Å²) in [5.41, 5.74) is 0.516. The van der Waals surface area contributed by atoms with E-state index in [1.165, 1.54) is 13.0 Å². The second kappa shape index (κ2) is 4.85. The van der Waals surface area contributed by atoms with Crippen molar-refractivity contribution in [2.24, 2.45) is 0 Å². The van der Waals surface area contributed by atoms with Gasteiger partial charge in [-0.15, -0.1) is 0 Å². The highest BCUT2D eigenvalue weighted by Crippen LogP contribution is 2.22. The summed E-state index contributed by atoms with van der Waals surface area (Å²) in [7, 11) is 1.73. The number of Topliss-reactive ketones (excluding diaryl/α,β-unsaturated/α-hetero) is 1. The topological polar surface area (TPSA) is 70.8 Å². The zero-order chi connectivity index (χ0) is 14.2. The zero-order valence-corrected chi connectivity index (χ0v) is 11.0. The van der Waals surface area contributed by atoms with Gasteiger partial charge in [-0.1, -0.05) is 0 Å². The van der Waals surface area contributed by atoms with Crippen LogP contribution in [0.1, 0.15) is 24.2 Å². The van der Waals surface area contributed by atoms with Crippen LogP contribution < -0.4 is 10.5 Å². The first kappa shape index (κ1) is 13.3. The molecule has 100 valence electrons. The van der Waals surface area contributed by atoms with Gasteiger partial charge in [-0.2, -0.15) is 0 Å². The van der Waals surface area contributed by atoms with Crippen LogP contribution in [0.15, 0.2) is 33.5 Å². The van der Waals surface area contributed by atoms with Crippen molar-refractivity contribution in [2.45, 2.75) is 20.1 Å². The highest BCUT2D eigenvalue weighted by atomic mass is 16.4. The molecule has 2 rings (SSSR count). The van der Waals surface area contributed by atoms with Crippen molar-refractivity contribution < 1.29 is 14.3 Å². The summed E-state index contributed by atoms with van der Waals surface area (Å²) in [6.07, 6.45) is -0.652. The Hall–Kier alpha value is -2.14. The Balaban J connectivity index is 2.59. The Bertz CT molecular complexity index is 687. The molecule has 0 saturated heterocycles. The van der Waals surface area contributed by atoms with Crippen LogP contribution in [-0.2, 0) is 0 Å². The minimum absolute atomic E-state index is 0.0455. The van der Waals surface area contributed by atoms with Crippen LogP contribution in [-0.4, -0.2) is 24.2 Å². The molecule has 0 fully saturated rings. The van der Waals surface area contributed by atoms with E-state index in [0.717, 1.165) is 5.69 Å². The van der Waals surface area contributed by atoms with E-state index in [1.54, 1.807) is 37.1 Å². The normalized spacial score (nSPS) is 12.4. The van der Waals surface area contributed by atoms with Gasteiger partial charge in [-0.05, 0) is 32.0 Å². The van der Waals surface area contributed by atoms with Gasteiger partial charge in [-0.25, -0.2) is 4.79 Å². The molecule has 1 N–H and O–H groups in total. The molecule has 0 bridgehead atoms. The molecule has 0 amide bonds. The standard InChI is InChI=1S/C14H15NO4/c1-8(16)12-6-10-4-5-11(15(3)9(2)17)7-13(10)19-14(12)18/h4-7,9,17H,1-3H3. The monoisotopic (exact) mass is 261 g/mol. The third kappa shape index (κ3) is 2.51. The number of rotatable bonds is 3. The van der Waals surface area contributed by atoms with Gasteiger partial charge in [-0.3, -0.25) is 4.79 Å². The number of aliphatic hydroxyl groups excluding tert-OH is 1. The predicted molar refractivity (Wildman–Crippen MR) is 72.6 cm³/mol. The summed E-state index contributed by atoms with van der Waals surface area (Å²) < 4.78 is 5.14. The molecule has 1 unspecified atom stereocenters. The molecule has 1 aromatic carbocycles. The second-order valence-electron chi connectivity index (χ2n) is 4.47. The molecule has 19 heavy (non-hydrogen) atoms. The van der Waals surface area contributed by atoms with Crippen LogP contribution in [0.2, 0.25) is 0 Å². The number of carbonyl (C=O) groups is 1. The van der Waals surface area contributed by atoms with E-state index in [1.807, 2.05) is 0 Å². The number of carbonyl (C=O) groups excluding carboxylic acids is 1. The number of fused-ring (bicyclic) bond motifs is 1. The number of aliphatic hydroxyl groups is 1. The molecule has 5 heteroatoms. The predicted octanol–water partition coefficient (Wildman–Crippen LogP) is 1.77. The Labute approximate surface area is 110 Å². The molecule has 2 aromatic rings. The maximum absolute atomic E-state index is 11.6. The molecule has 1 heterocycles. The fourth-order valence-electron chi connectivity index (χ4n) is 1.78. The highest BCUT2D eigenvalue weighted by Gasteiger charge is 2.12. The molecule has 0 aliphatic heterocycles. The average Bonchev–Trinajstić information content (AvgIpc) is 2.35. The molecule has 1 aromatic heterocycles.